The van der Waals surface area contributed by atoms with Crippen LogP contribution in [0.25, 0.3) is 0 Å². The van der Waals surface area contributed by atoms with E-state index >= 15 is 0 Å². The van der Waals surface area contributed by atoms with Gasteiger partial charge >= 0.3 is 0 Å². The molecule has 3 aromatic carbocycles. The first-order valence-corrected chi connectivity index (χ1v) is 9.81. The molecule has 27 heavy (non-hydrogen) atoms. The molecule has 0 aromatic heterocycles. The van der Waals surface area contributed by atoms with Crippen LogP contribution in [-0.2, 0) is 10.0 Å². The van der Waals surface area contributed by atoms with Crippen LogP contribution in [0.5, 0.6) is 0 Å². The Hall–Kier alpha value is -2.99. The first kappa shape index (κ1) is 18.8. The minimum Gasteiger partial charge on any atom is -0.280 e. The average Bonchev–Trinajstić information content (AvgIpc) is 2.60. The third-order valence-corrected chi connectivity index (χ3v) is 5.25. The average molecular weight is 382 g/mol. The maximum absolute atomic E-state index is 12.9. The van der Waals surface area contributed by atoms with Gasteiger partial charge in [-0.2, -0.15) is 0 Å². The van der Waals surface area contributed by atoms with Crippen molar-refractivity contribution in [3.05, 3.63) is 89.2 Å². The fourth-order valence-corrected chi connectivity index (χ4v) is 3.70. The number of aliphatic imine (C=N–C) groups is 1. The predicted octanol–water partition coefficient (Wildman–Crippen LogP) is 4.99. The summed E-state index contributed by atoms with van der Waals surface area (Å²) in [7, 11) is -3.68. The Morgan fingerprint density at radius 3 is 2.07 bits per heavy atom. The van der Waals surface area contributed by atoms with Crippen molar-refractivity contribution in [2.75, 3.05) is 4.72 Å². The molecular weight excluding hydrogens is 363 g/mol. The Bertz CT molecular complexity index is 1050. The van der Waals surface area contributed by atoms with Crippen LogP contribution in [0, 0.1) is 19.7 Å². The predicted molar refractivity (Wildman–Crippen MR) is 107 cm³/mol. The van der Waals surface area contributed by atoms with E-state index in [1.807, 2.05) is 19.9 Å². The van der Waals surface area contributed by atoms with Gasteiger partial charge in [-0.05, 0) is 79.1 Å². The summed E-state index contributed by atoms with van der Waals surface area (Å²) in [5, 5.41) is 0. The van der Waals surface area contributed by atoms with E-state index in [9.17, 15) is 12.8 Å². The summed E-state index contributed by atoms with van der Waals surface area (Å²) in [4.78, 5) is 4.43. The highest BCUT2D eigenvalue weighted by Crippen LogP contribution is 2.21. The van der Waals surface area contributed by atoms with Gasteiger partial charge in [-0.3, -0.25) is 9.71 Å². The van der Waals surface area contributed by atoms with Crippen LogP contribution in [0.15, 0.2) is 76.6 Å². The zero-order valence-electron chi connectivity index (χ0n) is 15.0. The van der Waals surface area contributed by atoms with Gasteiger partial charge in [0.1, 0.15) is 5.82 Å². The number of benzene rings is 3. The van der Waals surface area contributed by atoms with Crippen LogP contribution in [0.3, 0.4) is 0 Å². The van der Waals surface area contributed by atoms with E-state index in [1.165, 1.54) is 24.3 Å². The van der Waals surface area contributed by atoms with Gasteiger partial charge in [-0.15, -0.1) is 0 Å². The van der Waals surface area contributed by atoms with Crippen molar-refractivity contribution < 1.29 is 12.8 Å². The van der Waals surface area contributed by atoms with Crippen molar-refractivity contribution in [2.24, 2.45) is 4.99 Å². The van der Waals surface area contributed by atoms with Crippen molar-refractivity contribution in [2.45, 2.75) is 18.7 Å². The summed E-state index contributed by atoms with van der Waals surface area (Å²) in [6.07, 6.45) is 1.59. The number of anilines is 1. The molecule has 0 saturated carbocycles. The Kier molecular flexibility index (Phi) is 5.37. The van der Waals surface area contributed by atoms with Crippen LogP contribution in [0.4, 0.5) is 15.8 Å². The van der Waals surface area contributed by atoms with Crippen LogP contribution < -0.4 is 4.72 Å². The second-order valence-corrected chi connectivity index (χ2v) is 7.97. The summed E-state index contributed by atoms with van der Waals surface area (Å²) in [5.74, 6) is -0.307. The molecule has 0 aliphatic carbocycles. The SMILES string of the molecule is Cc1cc(C)cc(NS(=O)(=O)c2ccc(N=Cc3ccc(F)cc3)cc2)c1. The standard InChI is InChI=1S/C21H19FN2O2S/c1-15-11-16(2)13-20(12-15)24-27(25,26)21-9-7-19(8-10-21)23-14-17-3-5-18(22)6-4-17/h3-14,24H,1-2H3. The number of hydrogen-bond donors (Lipinski definition) is 1. The molecule has 0 aliphatic heterocycles. The van der Waals surface area contributed by atoms with Crippen molar-refractivity contribution in [3.63, 3.8) is 0 Å². The minimum atomic E-state index is -3.68. The molecule has 0 aliphatic rings. The topological polar surface area (TPSA) is 58.5 Å². The van der Waals surface area contributed by atoms with E-state index in [1.54, 1.807) is 42.6 Å². The first-order valence-electron chi connectivity index (χ1n) is 8.33. The van der Waals surface area contributed by atoms with Crippen molar-refractivity contribution >= 4 is 27.6 Å². The number of hydrogen-bond acceptors (Lipinski definition) is 3. The Morgan fingerprint density at radius 2 is 1.48 bits per heavy atom. The summed E-state index contributed by atoms with van der Waals surface area (Å²) in [5.41, 5.74) is 3.86. The van der Waals surface area contributed by atoms with Gasteiger partial charge < -0.3 is 0 Å². The van der Waals surface area contributed by atoms with Crippen LogP contribution in [0.1, 0.15) is 16.7 Å². The molecule has 4 nitrogen and oxygen atoms in total. The number of aryl methyl sites for hydroxylation is 2. The summed E-state index contributed by atoms with van der Waals surface area (Å²) >= 11 is 0. The molecule has 0 saturated heterocycles. The maximum Gasteiger partial charge on any atom is 0.261 e. The molecule has 1 N–H and O–H groups in total. The molecule has 6 heteroatoms. The van der Waals surface area contributed by atoms with Gasteiger partial charge in [0, 0.05) is 11.9 Å². The van der Waals surface area contributed by atoms with Gasteiger partial charge in [0.2, 0.25) is 0 Å². The molecule has 0 heterocycles. The Balaban J connectivity index is 1.76. The Morgan fingerprint density at radius 1 is 0.889 bits per heavy atom. The smallest absolute Gasteiger partial charge is 0.261 e. The van der Waals surface area contributed by atoms with E-state index in [0.717, 1.165) is 16.7 Å². The number of halogens is 1. The van der Waals surface area contributed by atoms with Crippen molar-refractivity contribution in [3.8, 4) is 0 Å². The number of nitrogens with one attached hydrogen (secondary N) is 1. The third kappa shape index (κ3) is 5.01. The van der Waals surface area contributed by atoms with Gasteiger partial charge in [-0.25, -0.2) is 12.8 Å². The molecule has 0 fully saturated rings. The highest BCUT2D eigenvalue weighted by Gasteiger charge is 2.14. The lowest BCUT2D eigenvalue weighted by atomic mass is 10.1. The minimum absolute atomic E-state index is 0.155. The van der Waals surface area contributed by atoms with E-state index < -0.39 is 10.0 Å². The molecule has 0 amide bonds. The lowest BCUT2D eigenvalue weighted by Crippen LogP contribution is -2.13. The van der Waals surface area contributed by atoms with E-state index in [4.69, 9.17) is 0 Å². The highest BCUT2D eigenvalue weighted by atomic mass is 32.2. The van der Waals surface area contributed by atoms with E-state index in [0.29, 0.717) is 11.4 Å². The monoisotopic (exact) mass is 382 g/mol. The second kappa shape index (κ2) is 7.72. The van der Waals surface area contributed by atoms with Gasteiger partial charge in [-0.1, -0.05) is 18.2 Å². The zero-order valence-corrected chi connectivity index (χ0v) is 15.8. The van der Waals surface area contributed by atoms with E-state index in [2.05, 4.69) is 9.71 Å². The molecule has 0 spiro atoms. The summed E-state index contributed by atoms with van der Waals surface area (Å²) in [6, 6.07) is 17.7. The van der Waals surface area contributed by atoms with E-state index in [-0.39, 0.29) is 10.7 Å². The lowest BCUT2D eigenvalue weighted by molar-refractivity contribution is 0.601. The molecule has 3 aromatic rings. The molecule has 0 atom stereocenters. The van der Waals surface area contributed by atoms with Crippen molar-refractivity contribution in [1.29, 1.82) is 0 Å². The third-order valence-electron chi connectivity index (χ3n) is 3.85. The van der Waals surface area contributed by atoms with Gasteiger partial charge in [0.25, 0.3) is 10.0 Å². The quantitative estimate of drug-likeness (QED) is 0.632. The molecule has 0 radical (unpaired) electrons. The van der Waals surface area contributed by atoms with Crippen molar-refractivity contribution in [1.82, 2.24) is 0 Å². The largest absolute Gasteiger partial charge is 0.280 e. The second-order valence-electron chi connectivity index (χ2n) is 6.29. The van der Waals surface area contributed by atoms with Crippen LogP contribution in [-0.4, -0.2) is 14.6 Å². The first-order chi connectivity index (χ1) is 12.8. The molecule has 0 bridgehead atoms. The number of nitrogens with zero attached hydrogens (tertiary/aromatic N) is 1. The lowest BCUT2D eigenvalue weighted by Gasteiger charge is -2.10. The molecule has 0 unspecified atom stereocenters. The van der Waals surface area contributed by atoms with Crippen LogP contribution >= 0.6 is 0 Å². The molecule has 3 rings (SSSR count). The number of rotatable bonds is 5. The van der Waals surface area contributed by atoms with Crippen LogP contribution in [0.2, 0.25) is 0 Å². The number of sulfonamides is 1. The van der Waals surface area contributed by atoms with Gasteiger partial charge in [0.15, 0.2) is 0 Å². The summed E-state index contributed by atoms with van der Waals surface area (Å²) in [6.45, 7) is 3.83. The zero-order chi connectivity index (χ0) is 19.4. The summed E-state index contributed by atoms with van der Waals surface area (Å²) < 4.78 is 40.6. The Labute approximate surface area is 158 Å². The molecule has 138 valence electrons. The van der Waals surface area contributed by atoms with Gasteiger partial charge in [0.05, 0.1) is 10.6 Å². The fraction of sp³-hybridized carbons (Fsp3) is 0.0952. The normalized spacial score (nSPS) is 11.7. The molecular formula is C21H19FN2O2S. The maximum atomic E-state index is 12.9. The fourth-order valence-electron chi connectivity index (χ4n) is 2.66. The highest BCUT2D eigenvalue weighted by molar-refractivity contribution is 7.92.